The zero-order valence-electron chi connectivity index (χ0n) is 16.5. The second-order valence-electron chi connectivity index (χ2n) is 6.74. The fourth-order valence-corrected chi connectivity index (χ4v) is 3.05. The molecule has 0 aliphatic carbocycles. The summed E-state index contributed by atoms with van der Waals surface area (Å²) in [6.45, 7) is 0.410. The van der Waals surface area contributed by atoms with E-state index in [-0.39, 0.29) is 17.3 Å². The van der Waals surface area contributed by atoms with Gasteiger partial charge in [-0.05, 0) is 11.6 Å². The van der Waals surface area contributed by atoms with Crippen LogP contribution in [0.5, 0.6) is 5.88 Å². The minimum Gasteiger partial charge on any atom is -0.475 e. The van der Waals surface area contributed by atoms with Gasteiger partial charge in [-0.15, -0.1) is 0 Å². The number of ether oxygens (including phenoxy) is 1. The molecule has 0 radical (unpaired) electrons. The molecule has 0 unspecified atom stereocenters. The van der Waals surface area contributed by atoms with Crippen LogP contribution in [0.4, 0.5) is 5.82 Å². The molecule has 0 bridgehead atoms. The van der Waals surface area contributed by atoms with Crippen molar-refractivity contribution >= 4 is 5.82 Å². The number of hydrogen-bond donors (Lipinski definition) is 1. The van der Waals surface area contributed by atoms with Gasteiger partial charge in [-0.3, -0.25) is 4.79 Å². The number of aromatic nitrogens is 4. The van der Waals surface area contributed by atoms with Crippen LogP contribution in [0.2, 0.25) is 0 Å². The molecule has 2 aromatic heterocycles. The molecule has 0 amide bonds. The third-order valence-corrected chi connectivity index (χ3v) is 4.61. The summed E-state index contributed by atoms with van der Waals surface area (Å²) >= 11 is 0. The topological polar surface area (TPSA) is 95.9 Å². The highest BCUT2D eigenvalue weighted by Crippen LogP contribution is 2.31. The SMILES string of the molecule is Cn1nc(-c2nc(OCCc3ccccc3)c(N)nc2-c2ccccc2)ccc1=O. The molecule has 2 N–H and O–H groups in total. The van der Waals surface area contributed by atoms with Crippen LogP contribution in [0.3, 0.4) is 0 Å². The minimum atomic E-state index is -0.206. The Labute approximate surface area is 173 Å². The van der Waals surface area contributed by atoms with Crippen molar-refractivity contribution in [3.63, 3.8) is 0 Å². The number of hydrogen-bond acceptors (Lipinski definition) is 6. The van der Waals surface area contributed by atoms with E-state index in [1.165, 1.54) is 10.7 Å². The summed E-state index contributed by atoms with van der Waals surface area (Å²) in [7, 11) is 1.59. The number of anilines is 1. The third-order valence-electron chi connectivity index (χ3n) is 4.61. The molecule has 0 saturated heterocycles. The van der Waals surface area contributed by atoms with E-state index in [0.29, 0.717) is 23.7 Å². The summed E-state index contributed by atoms with van der Waals surface area (Å²) in [5, 5.41) is 4.33. The Kier molecular flexibility index (Phi) is 5.52. The van der Waals surface area contributed by atoms with Gasteiger partial charge in [0.2, 0.25) is 0 Å². The summed E-state index contributed by atoms with van der Waals surface area (Å²) in [6.07, 6.45) is 0.718. The monoisotopic (exact) mass is 399 g/mol. The quantitative estimate of drug-likeness (QED) is 0.535. The molecule has 0 saturated carbocycles. The fourth-order valence-electron chi connectivity index (χ4n) is 3.05. The van der Waals surface area contributed by atoms with Crippen LogP contribution in [0.25, 0.3) is 22.6 Å². The molecule has 4 aromatic rings. The summed E-state index contributed by atoms with van der Waals surface area (Å²) in [6, 6.07) is 22.7. The molecule has 2 heterocycles. The number of aryl methyl sites for hydroxylation is 1. The lowest BCUT2D eigenvalue weighted by Crippen LogP contribution is -2.18. The van der Waals surface area contributed by atoms with Crippen molar-refractivity contribution in [2.75, 3.05) is 12.3 Å². The number of rotatable bonds is 6. The standard InChI is InChI=1S/C23H21N5O2/c1-28-19(29)13-12-18(27-28)21-20(17-10-6-3-7-11-17)25-22(24)23(26-21)30-15-14-16-8-4-2-5-9-16/h2-13H,14-15H2,1H3,(H2,24,25). The van der Waals surface area contributed by atoms with Gasteiger partial charge in [-0.2, -0.15) is 5.10 Å². The summed E-state index contributed by atoms with van der Waals surface area (Å²) in [5.74, 6) is 0.451. The molecule has 0 aliphatic rings. The lowest BCUT2D eigenvalue weighted by molar-refractivity contribution is 0.310. The van der Waals surface area contributed by atoms with Gasteiger partial charge in [-0.25, -0.2) is 14.6 Å². The third kappa shape index (κ3) is 4.20. The Balaban J connectivity index is 1.72. The molecule has 0 fully saturated rings. The molecule has 4 rings (SSSR count). The molecule has 150 valence electrons. The normalized spacial score (nSPS) is 10.7. The van der Waals surface area contributed by atoms with Crippen LogP contribution in [0, 0.1) is 0 Å². The van der Waals surface area contributed by atoms with Crippen LogP contribution in [-0.2, 0) is 13.5 Å². The second-order valence-corrected chi connectivity index (χ2v) is 6.74. The van der Waals surface area contributed by atoms with Gasteiger partial charge in [0.1, 0.15) is 17.1 Å². The van der Waals surface area contributed by atoms with E-state index in [9.17, 15) is 4.79 Å². The summed E-state index contributed by atoms with van der Waals surface area (Å²) in [5.41, 5.74) is 9.55. The first-order valence-electron chi connectivity index (χ1n) is 9.56. The van der Waals surface area contributed by atoms with Crippen molar-refractivity contribution in [2.45, 2.75) is 6.42 Å². The first kappa shape index (κ1) is 19.3. The fraction of sp³-hybridized carbons (Fsp3) is 0.130. The van der Waals surface area contributed by atoms with E-state index in [1.807, 2.05) is 60.7 Å². The molecule has 2 aromatic carbocycles. The van der Waals surface area contributed by atoms with Crippen LogP contribution in [0.15, 0.2) is 77.6 Å². The van der Waals surface area contributed by atoms with Gasteiger partial charge in [-0.1, -0.05) is 60.7 Å². The molecule has 0 aliphatic heterocycles. The van der Waals surface area contributed by atoms with E-state index in [0.717, 1.165) is 17.5 Å². The van der Waals surface area contributed by atoms with Crippen LogP contribution < -0.4 is 16.0 Å². The Bertz CT molecular complexity index is 1210. The van der Waals surface area contributed by atoms with Gasteiger partial charge in [0.25, 0.3) is 11.4 Å². The van der Waals surface area contributed by atoms with Crippen molar-refractivity contribution in [1.82, 2.24) is 19.7 Å². The van der Waals surface area contributed by atoms with E-state index in [2.05, 4.69) is 15.1 Å². The Morgan fingerprint density at radius 3 is 2.30 bits per heavy atom. The maximum Gasteiger partial charge on any atom is 0.266 e. The van der Waals surface area contributed by atoms with E-state index < -0.39 is 0 Å². The maximum atomic E-state index is 11.8. The Hall–Kier alpha value is -4.00. The number of benzene rings is 2. The van der Waals surface area contributed by atoms with Gasteiger partial charge < -0.3 is 10.5 Å². The van der Waals surface area contributed by atoms with Crippen molar-refractivity contribution in [2.24, 2.45) is 7.05 Å². The van der Waals surface area contributed by atoms with Crippen molar-refractivity contribution in [1.29, 1.82) is 0 Å². The van der Waals surface area contributed by atoms with Gasteiger partial charge in [0.05, 0.1) is 6.61 Å². The van der Waals surface area contributed by atoms with Crippen molar-refractivity contribution in [3.8, 4) is 28.5 Å². The van der Waals surface area contributed by atoms with Gasteiger partial charge >= 0.3 is 0 Å². The lowest BCUT2D eigenvalue weighted by atomic mass is 10.1. The molecular formula is C23H21N5O2. The van der Waals surface area contributed by atoms with E-state index in [1.54, 1.807) is 13.1 Å². The summed E-state index contributed by atoms with van der Waals surface area (Å²) < 4.78 is 7.11. The predicted molar refractivity (Wildman–Crippen MR) is 116 cm³/mol. The molecular weight excluding hydrogens is 378 g/mol. The van der Waals surface area contributed by atoms with Gasteiger partial charge in [0, 0.05) is 25.1 Å². The number of nitrogens with two attached hydrogens (primary N) is 1. The first-order chi connectivity index (χ1) is 14.6. The van der Waals surface area contributed by atoms with Crippen LogP contribution in [-0.4, -0.2) is 26.4 Å². The molecule has 7 nitrogen and oxygen atoms in total. The van der Waals surface area contributed by atoms with Crippen LogP contribution in [0.1, 0.15) is 5.56 Å². The maximum absolute atomic E-state index is 11.8. The smallest absolute Gasteiger partial charge is 0.266 e. The van der Waals surface area contributed by atoms with E-state index >= 15 is 0 Å². The predicted octanol–water partition coefficient (Wildman–Crippen LogP) is 3.11. The average molecular weight is 399 g/mol. The van der Waals surface area contributed by atoms with Gasteiger partial charge in [0.15, 0.2) is 5.82 Å². The zero-order chi connectivity index (χ0) is 20.9. The number of nitrogens with zero attached hydrogens (tertiary/aromatic N) is 4. The lowest BCUT2D eigenvalue weighted by Gasteiger charge is -2.13. The Morgan fingerprint density at radius 2 is 1.60 bits per heavy atom. The first-order valence-corrected chi connectivity index (χ1v) is 9.56. The highest BCUT2D eigenvalue weighted by Gasteiger charge is 2.18. The molecule has 0 spiro atoms. The minimum absolute atomic E-state index is 0.204. The molecule has 30 heavy (non-hydrogen) atoms. The van der Waals surface area contributed by atoms with E-state index in [4.69, 9.17) is 10.5 Å². The largest absolute Gasteiger partial charge is 0.475 e. The summed E-state index contributed by atoms with van der Waals surface area (Å²) in [4.78, 5) is 21.0. The Morgan fingerprint density at radius 1 is 0.900 bits per heavy atom. The highest BCUT2D eigenvalue weighted by atomic mass is 16.5. The zero-order valence-corrected chi connectivity index (χ0v) is 16.5. The van der Waals surface area contributed by atoms with Crippen molar-refractivity contribution in [3.05, 3.63) is 88.7 Å². The average Bonchev–Trinajstić information content (AvgIpc) is 2.78. The highest BCUT2D eigenvalue weighted by molar-refractivity contribution is 5.77. The second kappa shape index (κ2) is 8.57. The molecule has 0 atom stereocenters. The number of nitrogen functional groups attached to an aromatic ring is 1. The van der Waals surface area contributed by atoms with Crippen LogP contribution >= 0.6 is 0 Å². The molecule has 7 heteroatoms. The van der Waals surface area contributed by atoms with Crippen molar-refractivity contribution < 1.29 is 4.74 Å².